The average molecular weight is 351 g/mol. The highest BCUT2D eigenvalue weighted by atomic mass is 35.5. The smallest absolute Gasteiger partial charge is 0.255 e. The number of aromatic nitrogens is 3. The molecule has 1 aromatic carbocycles. The minimum atomic E-state index is -0.280. The van der Waals surface area contributed by atoms with Crippen molar-refractivity contribution >= 4 is 34.3 Å². The second kappa shape index (κ2) is 6.33. The number of nitrogens with one attached hydrogen (secondary N) is 1. The first-order valence-electron chi connectivity index (χ1n) is 7.43. The highest BCUT2D eigenvalue weighted by molar-refractivity contribution is 6.29. The van der Waals surface area contributed by atoms with Gasteiger partial charge >= 0.3 is 0 Å². The van der Waals surface area contributed by atoms with Gasteiger partial charge in [0.15, 0.2) is 5.58 Å². The van der Waals surface area contributed by atoms with Crippen LogP contribution in [-0.4, -0.2) is 20.9 Å². The SMILES string of the molecule is O=C(Nc1ccc2nc(-c3ccncc3)oc2c1)c1ccnc(Cl)c1. The average Bonchev–Trinajstić information content (AvgIpc) is 3.06. The predicted octanol–water partition coefficient (Wildman–Crippen LogP) is 4.19. The third-order valence-electron chi connectivity index (χ3n) is 3.56. The molecule has 4 aromatic rings. The minimum Gasteiger partial charge on any atom is -0.436 e. The van der Waals surface area contributed by atoms with Gasteiger partial charge in [-0.15, -0.1) is 0 Å². The Morgan fingerprint density at radius 1 is 1.04 bits per heavy atom. The van der Waals surface area contributed by atoms with Crippen molar-refractivity contribution in [3.63, 3.8) is 0 Å². The lowest BCUT2D eigenvalue weighted by molar-refractivity contribution is 0.102. The summed E-state index contributed by atoms with van der Waals surface area (Å²) < 4.78 is 5.78. The summed E-state index contributed by atoms with van der Waals surface area (Å²) in [6, 6.07) is 12.0. The van der Waals surface area contributed by atoms with E-state index in [1.807, 2.05) is 12.1 Å². The molecule has 25 heavy (non-hydrogen) atoms. The van der Waals surface area contributed by atoms with Crippen LogP contribution in [0.5, 0.6) is 0 Å². The maximum atomic E-state index is 12.3. The van der Waals surface area contributed by atoms with Crippen molar-refractivity contribution in [3.8, 4) is 11.5 Å². The van der Waals surface area contributed by atoms with E-state index in [4.69, 9.17) is 16.0 Å². The Morgan fingerprint density at radius 3 is 2.68 bits per heavy atom. The molecule has 4 rings (SSSR count). The number of hydrogen-bond acceptors (Lipinski definition) is 5. The Labute approximate surface area is 147 Å². The molecule has 1 N–H and O–H groups in total. The van der Waals surface area contributed by atoms with Gasteiger partial charge in [0.2, 0.25) is 5.89 Å². The van der Waals surface area contributed by atoms with E-state index in [0.29, 0.717) is 28.2 Å². The van der Waals surface area contributed by atoms with Crippen molar-refractivity contribution in [1.82, 2.24) is 15.0 Å². The van der Waals surface area contributed by atoms with Gasteiger partial charge in [0.1, 0.15) is 10.7 Å². The fourth-order valence-electron chi connectivity index (χ4n) is 2.37. The molecule has 0 saturated heterocycles. The number of rotatable bonds is 3. The minimum absolute atomic E-state index is 0.264. The molecule has 0 aliphatic carbocycles. The monoisotopic (exact) mass is 350 g/mol. The van der Waals surface area contributed by atoms with Gasteiger partial charge in [-0.3, -0.25) is 9.78 Å². The normalized spacial score (nSPS) is 10.8. The first kappa shape index (κ1) is 15.3. The molecule has 0 fully saturated rings. The fraction of sp³-hybridized carbons (Fsp3) is 0. The summed E-state index contributed by atoms with van der Waals surface area (Å²) in [6.45, 7) is 0. The molecule has 0 spiro atoms. The quantitative estimate of drug-likeness (QED) is 0.560. The molecule has 3 heterocycles. The molecule has 0 aliphatic rings. The van der Waals surface area contributed by atoms with E-state index in [9.17, 15) is 4.79 Å². The Kier molecular flexibility index (Phi) is 3.87. The zero-order valence-electron chi connectivity index (χ0n) is 12.8. The molecule has 0 aliphatic heterocycles. The standard InChI is InChI=1S/C18H11ClN4O2/c19-16-9-12(5-8-21-16)17(24)22-13-1-2-14-15(10-13)25-18(23-14)11-3-6-20-7-4-11/h1-10H,(H,22,24). The molecule has 1 amide bonds. The lowest BCUT2D eigenvalue weighted by Crippen LogP contribution is -2.11. The van der Waals surface area contributed by atoms with E-state index in [1.54, 1.807) is 36.7 Å². The third-order valence-corrected chi connectivity index (χ3v) is 3.77. The summed E-state index contributed by atoms with van der Waals surface area (Å²) in [7, 11) is 0. The van der Waals surface area contributed by atoms with Gasteiger partial charge in [0.25, 0.3) is 5.91 Å². The summed E-state index contributed by atoms with van der Waals surface area (Å²) in [6.07, 6.45) is 4.84. The predicted molar refractivity (Wildman–Crippen MR) is 94.4 cm³/mol. The maximum Gasteiger partial charge on any atom is 0.255 e. The number of halogens is 1. The zero-order valence-corrected chi connectivity index (χ0v) is 13.6. The molecule has 122 valence electrons. The van der Waals surface area contributed by atoms with Gasteiger partial charge in [-0.1, -0.05) is 11.6 Å². The van der Waals surface area contributed by atoms with E-state index < -0.39 is 0 Å². The van der Waals surface area contributed by atoms with E-state index in [-0.39, 0.29) is 11.1 Å². The molecule has 0 saturated carbocycles. The Balaban J connectivity index is 1.62. The van der Waals surface area contributed by atoms with Crippen LogP contribution < -0.4 is 5.32 Å². The topological polar surface area (TPSA) is 80.9 Å². The van der Waals surface area contributed by atoms with Gasteiger partial charge in [-0.25, -0.2) is 9.97 Å². The molecule has 7 heteroatoms. The van der Waals surface area contributed by atoms with Crippen molar-refractivity contribution in [1.29, 1.82) is 0 Å². The van der Waals surface area contributed by atoms with Crippen LogP contribution in [0.1, 0.15) is 10.4 Å². The molecule has 3 aromatic heterocycles. The molecule has 0 atom stereocenters. The summed E-state index contributed by atoms with van der Waals surface area (Å²) in [5.41, 5.74) is 3.15. The number of hydrogen-bond donors (Lipinski definition) is 1. The molecule has 0 bridgehead atoms. The second-order valence-corrected chi connectivity index (χ2v) is 5.65. The van der Waals surface area contributed by atoms with E-state index in [0.717, 1.165) is 5.56 Å². The lowest BCUT2D eigenvalue weighted by Gasteiger charge is -2.04. The Morgan fingerprint density at radius 2 is 1.88 bits per heavy atom. The van der Waals surface area contributed by atoms with Gasteiger partial charge < -0.3 is 9.73 Å². The van der Waals surface area contributed by atoms with Gasteiger partial charge in [-0.2, -0.15) is 0 Å². The van der Waals surface area contributed by atoms with Crippen molar-refractivity contribution < 1.29 is 9.21 Å². The Bertz CT molecular complexity index is 1060. The van der Waals surface area contributed by atoms with Gasteiger partial charge in [0, 0.05) is 41.5 Å². The molecular weight excluding hydrogens is 340 g/mol. The van der Waals surface area contributed by atoms with Crippen LogP contribution in [0.15, 0.2) is 65.5 Å². The summed E-state index contributed by atoms with van der Waals surface area (Å²) in [5, 5.41) is 3.07. The summed E-state index contributed by atoms with van der Waals surface area (Å²) in [5.74, 6) is 0.222. The molecule has 6 nitrogen and oxygen atoms in total. The van der Waals surface area contributed by atoms with Crippen molar-refractivity contribution in [2.24, 2.45) is 0 Å². The second-order valence-electron chi connectivity index (χ2n) is 5.26. The number of nitrogens with zero attached hydrogens (tertiary/aromatic N) is 3. The number of benzene rings is 1. The van der Waals surface area contributed by atoms with Crippen LogP contribution in [0.3, 0.4) is 0 Å². The highest BCUT2D eigenvalue weighted by Gasteiger charge is 2.11. The van der Waals surface area contributed by atoms with Crippen LogP contribution in [0.4, 0.5) is 5.69 Å². The van der Waals surface area contributed by atoms with Crippen molar-refractivity contribution in [2.75, 3.05) is 5.32 Å². The number of fused-ring (bicyclic) bond motifs is 1. The van der Waals surface area contributed by atoms with Crippen molar-refractivity contribution in [3.05, 3.63) is 71.8 Å². The van der Waals surface area contributed by atoms with Gasteiger partial charge in [0.05, 0.1) is 0 Å². The third kappa shape index (κ3) is 3.20. The van der Waals surface area contributed by atoms with Crippen LogP contribution in [0.25, 0.3) is 22.6 Å². The lowest BCUT2D eigenvalue weighted by atomic mass is 10.2. The number of amides is 1. The van der Waals surface area contributed by atoms with Crippen LogP contribution in [0.2, 0.25) is 5.15 Å². The van der Waals surface area contributed by atoms with Gasteiger partial charge in [-0.05, 0) is 36.4 Å². The first-order chi connectivity index (χ1) is 12.2. The summed E-state index contributed by atoms with van der Waals surface area (Å²) in [4.78, 5) is 24.6. The number of pyridine rings is 2. The van der Waals surface area contributed by atoms with E-state index in [1.165, 1.54) is 12.3 Å². The number of oxazole rings is 1. The van der Waals surface area contributed by atoms with E-state index in [2.05, 4.69) is 20.3 Å². The molecule has 0 unspecified atom stereocenters. The fourth-order valence-corrected chi connectivity index (χ4v) is 2.54. The maximum absolute atomic E-state index is 12.3. The van der Waals surface area contributed by atoms with E-state index >= 15 is 0 Å². The summed E-state index contributed by atoms with van der Waals surface area (Å²) >= 11 is 5.81. The molecule has 0 radical (unpaired) electrons. The molecular formula is C18H11ClN4O2. The van der Waals surface area contributed by atoms with Crippen LogP contribution in [-0.2, 0) is 0 Å². The zero-order chi connectivity index (χ0) is 17.2. The number of carbonyl (C=O) groups is 1. The highest BCUT2D eigenvalue weighted by Crippen LogP contribution is 2.26. The van der Waals surface area contributed by atoms with Crippen LogP contribution in [0, 0.1) is 0 Å². The number of anilines is 1. The van der Waals surface area contributed by atoms with Crippen LogP contribution >= 0.6 is 11.6 Å². The van der Waals surface area contributed by atoms with Crippen molar-refractivity contribution in [2.45, 2.75) is 0 Å². The first-order valence-corrected chi connectivity index (χ1v) is 7.81. The Hall–Kier alpha value is -3.25. The number of carbonyl (C=O) groups excluding carboxylic acids is 1. The largest absolute Gasteiger partial charge is 0.436 e.